The number of carbonyl (C=O) groups excluding carboxylic acids is 1. The summed E-state index contributed by atoms with van der Waals surface area (Å²) in [5.74, 6) is -0.268. The molecule has 1 aromatic carbocycles. The molecule has 4 heteroatoms. The lowest BCUT2D eigenvalue weighted by Gasteiger charge is -2.35. The number of hydrogen-bond donors (Lipinski definition) is 2. The second-order valence-corrected chi connectivity index (χ2v) is 5.16. The van der Waals surface area contributed by atoms with Crippen LogP contribution in [-0.2, 0) is 11.2 Å². The fraction of sp³-hybridized carbons (Fsp3) is 0.500. The molecule has 0 saturated carbocycles. The Kier molecular flexibility index (Phi) is 3.97. The van der Waals surface area contributed by atoms with Gasteiger partial charge in [-0.15, -0.1) is 0 Å². The van der Waals surface area contributed by atoms with Gasteiger partial charge in [0, 0.05) is 5.54 Å². The lowest BCUT2D eigenvalue weighted by Crippen LogP contribution is -2.52. The Hall–Kier alpha value is -1.42. The molecular formula is C14H19FN2O. The van der Waals surface area contributed by atoms with Crippen molar-refractivity contribution in [2.75, 3.05) is 13.1 Å². The third kappa shape index (κ3) is 3.53. The van der Waals surface area contributed by atoms with Crippen molar-refractivity contribution in [3.63, 3.8) is 0 Å². The van der Waals surface area contributed by atoms with Crippen molar-refractivity contribution in [2.24, 2.45) is 0 Å². The Bertz CT molecular complexity index is 410. The standard InChI is InChI=1S/C14H19FN2O/c1-14(6-8-16-9-7-14)17-13(18)10-11-2-4-12(15)5-3-11/h2-5,16H,6-10H2,1H3,(H,17,18). The summed E-state index contributed by atoms with van der Waals surface area (Å²) in [7, 11) is 0. The van der Waals surface area contributed by atoms with Gasteiger partial charge >= 0.3 is 0 Å². The van der Waals surface area contributed by atoms with E-state index in [0.717, 1.165) is 31.5 Å². The molecular weight excluding hydrogens is 231 g/mol. The van der Waals surface area contributed by atoms with Gasteiger partial charge in [0.1, 0.15) is 5.82 Å². The van der Waals surface area contributed by atoms with Crippen molar-refractivity contribution < 1.29 is 9.18 Å². The molecule has 0 bridgehead atoms. The summed E-state index contributed by atoms with van der Waals surface area (Å²) < 4.78 is 12.8. The molecule has 3 nitrogen and oxygen atoms in total. The fourth-order valence-electron chi connectivity index (χ4n) is 2.27. The van der Waals surface area contributed by atoms with Crippen molar-refractivity contribution in [2.45, 2.75) is 31.7 Å². The summed E-state index contributed by atoms with van der Waals surface area (Å²) in [6.45, 7) is 3.96. The monoisotopic (exact) mass is 250 g/mol. The van der Waals surface area contributed by atoms with E-state index in [4.69, 9.17) is 0 Å². The van der Waals surface area contributed by atoms with Crippen LogP contribution in [0.3, 0.4) is 0 Å². The zero-order valence-electron chi connectivity index (χ0n) is 10.6. The molecule has 1 fully saturated rings. The van der Waals surface area contributed by atoms with Gasteiger partial charge in [-0.25, -0.2) is 4.39 Å². The molecule has 1 saturated heterocycles. The highest BCUT2D eigenvalue weighted by atomic mass is 19.1. The number of nitrogens with one attached hydrogen (secondary N) is 2. The fourth-order valence-corrected chi connectivity index (χ4v) is 2.27. The van der Waals surface area contributed by atoms with E-state index in [0.29, 0.717) is 6.42 Å². The molecule has 0 aliphatic carbocycles. The lowest BCUT2D eigenvalue weighted by molar-refractivity contribution is -0.122. The van der Waals surface area contributed by atoms with Crippen LogP contribution in [0.1, 0.15) is 25.3 Å². The van der Waals surface area contributed by atoms with Gasteiger partial charge in [0.25, 0.3) is 0 Å². The molecule has 1 aliphatic heterocycles. The first-order chi connectivity index (χ1) is 8.57. The predicted octanol–water partition coefficient (Wildman–Crippen LogP) is 1.63. The first-order valence-electron chi connectivity index (χ1n) is 6.34. The number of piperidine rings is 1. The summed E-state index contributed by atoms with van der Waals surface area (Å²) in [5.41, 5.74) is 0.731. The smallest absolute Gasteiger partial charge is 0.224 e. The van der Waals surface area contributed by atoms with Crippen LogP contribution in [0.4, 0.5) is 4.39 Å². The van der Waals surface area contributed by atoms with E-state index < -0.39 is 0 Å². The van der Waals surface area contributed by atoms with E-state index in [1.165, 1.54) is 12.1 Å². The zero-order valence-corrected chi connectivity index (χ0v) is 10.6. The third-order valence-corrected chi connectivity index (χ3v) is 3.43. The number of benzene rings is 1. The van der Waals surface area contributed by atoms with E-state index in [2.05, 4.69) is 17.6 Å². The number of rotatable bonds is 3. The van der Waals surface area contributed by atoms with E-state index in [9.17, 15) is 9.18 Å². The molecule has 2 rings (SSSR count). The Morgan fingerprint density at radius 1 is 1.33 bits per heavy atom. The number of halogens is 1. The quantitative estimate of drug-likeness (QED) is 0.856. The molecule has 1 aliphatic rings. The van der Waals surface area contributed by atoms with Gasteiger partial charge in [0.15, 0.2) is 0 Å². The van der Waals surface area contributed by atoms with Crippen LogP contribution in [-0.4, -0.2) is 24.5 Å². The Morgan fingerprint density at radius 3 is 2.56 bits per heavy atom. The summed E-state index contributed by atoms with van der Waals surface area (Å²) in [6.07, 6.45) is 2.20. The molecule has 2 N–H and O–H groups in total. The van der Waals surface area contributed by atoms with Gasteiger partial charge in [-0.1, -0.05) is 12.1 Å². The van der Waals surface area contributed by atoms with Crippen LogP contribution in [0.25, 0.3) is 0 Å². The van der Waals surface area contributed by atoms with Crippen molar-refractivity contribution >= 4 is 5.91 Å². The molecule has 0 unspecified atom stereocenters. The molecule has 0 radical (unpaired) electrons. The van der Waals surface area contributed by atoms with E-state index in [1.807, 2.05) is 0 Å². The normalized spacial score (nSPS) is 18.3. The second kappa shape index (κ2) is 5.48. The predicted molar refractivity (Wildman–Crippen MR) is 68.8 cm³/mol. The van der Waals surface area contributed by atoms with Crippen molar-refractivity contribution in [3.05, 3.63) is 35.6 Å². The third-order valence-electron chi connectivity index (χ3n) is 3.43. The highest BCUT2D eigenvalue weighted by Gasteiger charge is 2.27. The first-order valence-corrected chi connectivity index (χ1v) is 6.34. The van der Waals surface area contributed by atoms with Crippen LogP contribution in [0.2, 0.25) is 0 Å². The van der Waals surface area contributed by atoms with Crippen LogP contribution in [0.5, 0.6) is 0 Å². The summed E-state index contributed by atoms with van der Waals surface area (Å²) in [6, 6.07) is 6.07. The zero-order chi connectivity index (χ0) is 13.0. The Morgan fingerprint density at radius 2 is 1.94 bits per heavy atom. The van der Waals surface area contributed by atoms with Gasteiger partial charge in [0.2, 0.25) is 5.91 Å². The molecule has 0 spiro atoms. The summed E-state index contributed by atoms with van der Waals surface area (Å²) >= 11 is 0. The molecule has 0 atom stereocenters. The molecule has 1 heterocycles. The van der Waals surface area contributed by atoms with Crippen LogP contribution >= 0.6 is 0 Å². The van der Waals surface area contributed by atoms with Crippen LogP contribution in [0.15, 0.2) is 24.3 Å². The minimum Gasteiger partial charge on any atom is -0.351 e. The second-order valence-electron chi connectivity index (χ2n) is 5.16. The molecule has 98 valence electrons. The topological polar surface area (TPSA) is 41.1 Å². The average molecular weight is 250 g/mol. The van der Waals surface area contributed by atoms with Crippen LogP contribution in [0, 0.1) is 5.82 Å². The van der Waals surface area contributed by atoms with E-state index in [-0.39, 0.29) is 17.3 Å². The largest absolute Gasteiger partial charge is 0.351 e. The minimum absolute atomic E-state index is 0.00556. The highest BCUT2D eigenvalue weighted by Crippen LogP contribution is 2.17. The average Bonchev–Trinajstić information content (AvgIpc) is 2.32. The van der Waals surface area contributed by atoms with Gasteiger partial charge < -0.3 is 10.6 Å². The van der Waals surface area contributed by atoms with E-state index in [1.54, 1.807) is 12.1 Å². The summed E-state index contributed by atoms with van der Waals surface area (Å²) in [4.78, 5) is 11.9. The van der Waals surface area contributed by atoms with E-state index >= 15 is 0 Å². The SMILES string of the molecule is CC1(NC(=O)Cc2ccc(F)cc2)CCNCC1. The maximum atomic E-state index is 12.8. The van der Waals surface area contributed by atoms with Crippen molar-refractivity contribution in [1.29, 1.82) is 0 Å². The minimum atomic E-state index is -0.274. The molecule has 1 aromatic rings. The van der Waals surface area contributed by atoms with Crippen molar-refractivity contribution in [1.82, 2.24) is 10.6 Å². The molecule has 0 aromatic heterocycles. The van der Waals surface area contributed by atoms with Crippen molar-refractivity contribution in [3.8, 4) is 0 Å². The molecule has 18 heavy (non-hydrogen) atoms. The Balaban J connectivity index is 1.90. The number of carbonyl (C=O) groups is 1. The van der Waals surface area contributed by atoms with Gasteiger partial charge in [0.05, 0.1) is 6.42 Å². The lowest BCUT2D eigenvalue weighted by atomic mass is 9.90. The maximum absolute atomic E-state index is 12.8. The van der Waals surface area contributed by atoms with Gasteiger partial charge in [-0.2, -0.15) is 0 Å². The number of hydrogen-bond acceptors (Lipinski definition) is 2. The first kappa shape index (κ1) is 13.0. The van der Waals surface area contributed by atoms with Gasteiger partial charge in [-0.05, 0) is 50.6 Å². The summed E-state index contributed by atoms with van der Waals surface area (Å²) in [5, 5.41) is 6.36. The molecule has 1 amide bonds. The maximum Gasteiger partial charge on any atom is 0.224 e. The van der Waals surface area contributed by atoms with Crippen LogP contribution < -0.4 is 10.6 Å². The Labute approximate surface area is 107 Å². The number of amides is 1. The highest BCUT2D eigenvalue weighted by molar-refractivity contribution is 5.79. The van der Waals surface area contributed by atoms with Gasteiger partial charge in [-0.3, -0.25) is 4.79 Å².